The van der Waals surface area contributed by atoms with E-state index in [1.54, 1.807) is 62.4 Å². The molecule has 180 valence electrons. The van der Waals surface area contributed by atoms with Gasteiger partial charge in [-0.2, -0.15) is 10.0 Å². The van der Waals surface area contributed by atoms with Crippen LogP contribution in [-0.2, 0) is 24.2 Å². The number of nitrogens with zero attached hydrogens (tertiary/aromatic N) is 3. The number of carbonyl (C=O) groups excluding carboxylic acids is 2. The van der Waals surface area contributed by atoms with Crippen molar-refractivity contribution in [2.24, 2.45) is 0 Å². The van der Waals surface area contributed by atoms with Crippen molar-refractivity contribution in [2.75, 3.05) is 24.6 Å². The highest BCUT2D eigenvalue weighted by molar-refractivity contribution is 7.93. The van der Waals surface area contributed by atoms with E-state index < -0.39 is 34.6 Å². The fraction of sp³-hybridized carbons (Fsp3) is 0.304. The number of hydrogen-bond acceptors (Lipinski definition) is 7. The molecule has 0 fully saturated rings. The lowest BCUT2D eigenvalue weighted by Crippen LogP contribution is -2.65. The zero-order valence-corrected chi connectivity index (χ0v) is 19.8. The molecule has 2 aromatic carbocycles. The molecule has 2 amide bonds. The molecule has 0 N–H and O–H groups in total. The summed E-state index contributed by atoms with van der Waals surface area (Å²) in [6.45, 7) is 3.28. The molecule has 2 aliphatic heterocycles. The van der Waals surface area contributed by atoms with E-state index in [0.717, 1.165) is 14.3 Å². The van der Waals surface area contributed by atoms with Gasteiger partial charge in [0.25, 0.3) is 10.0 Å². The number of para-hydroxylation sites is 1. The highest BCUT2D eigenvalue weighted by Gasteiger charge is 2.54. The molecule has 2 heterocycles. The summed E-state index contributed by atoms with van der Waals surface area (Å²) in [5.74, 6) is 0. The van der Waals surface area contributed by atoms with Crippen molar-refractivity contribution in [1.29, 1.82) is 0 Å². The van der Waals surface area contributed by atoms with Crippen molar-refractivity contribution >= 4 is 33.5 Å². The maximum Gasteiger partial charge on any atom is 0.431 e. The molecular weight excluding hydrogens is 462 g/mol. The zero-order valence-electron chi connectivity index (χ0n) is 19.0. The van der Waals surface area contributed by atoms with Gasteiger partial charge in [0.1, 0.15) is 0 Å². The average molecular weight is 488 g/mol. The molecule has 34 heavy (non-hydrogen) atoms. The van der Waals surface area contributed by atoms with E-state index in [4.69, 9.17) is 14.2 Å². The van der Waals surface area contributed by atoms with E-state index in [1.165, 1.54) is 19.2 Å². The summed E-state index contributed by atoms with van der Waals surface area (Å²) in [5.41, 5.74) is 1.43. The Balaban J connectivity index is 1.97. The first-order chi connectivity index (χ1) is 16.4. The van der Waals surface area contributed by atoms with Gasteiger partial charge in [0.15, 0.2) is 12.4 Å². The molecule has 0 bridgehead atoms. The lowest BCUT2D eigenvalue weighted by Gasteiger charge is -2.45. The minimum absolute atomic E-state index is 0.00774. The predicted molar refractivity (Wildman–Crippen MR) is 123 cm³/mol. The number of hydrazine groups is 1. The number of carbonyl (C=O) groups is 2. The van der Waals surface area contributed by atoms with Crippen LogP contribution in [0.1, 0.15) is 19.4 Å². The van der Waals surface area contributed by atoms with Crippen LogP contribution in [0.25, 0.3) is 5.57 Å². The van der Waals surface area contributed by atoms with E-state index in [0.29, 0.717) is 16.8 Å². The van der Waals surface area contributed by atoms with Gasteiger partial charge in [-0.25, -0.2) is 22.3 Å². The first kappa shape index (κ1) is 23.6. The molecule has 2 aromatic rings. The molecule has 2 atom stereocenters. The van der Waals surface area contributed by atoms with Crippen molar-refractivity contribution in [2.45, 2.75) is 31.1 Å². The summed E-state index contributed by atoms with van der Waals surface area (Å²) in [7, 11) is -2.79. The van der Waals surface area contributed by atoms with Crippen LogP contribution in [0.2, 0.25) is 0 Å². The first-order valence-electron chi connectivity index (χ1n) is 10.7. The predicted octanol–water partition coefficient (Wildman–Crippen LogP) is 3.42. The second-order valence-electron chi connectivity index (χ2n) is 7.34. The number of methoxy groups -OCH3 is 1. The first-order valence-corrected chi connectivity index (χ1v) is 12.2. The van der Waals surface area contributed by atoms with Crippen molar-refractivity contribution in [3.63, 3.8) is 0 Å². The molecule has 0 saturated carbocycles. The third-order valence-electron chi connectivity index (χ3n) is 5.43. The number of sulfonamides is 1. The molecule has 0 aliphatic carbocycles. The van der Waals surface area contributed by atoms with Crippen LogP contribution in [0.4, 0.5) is 15.3 Å². The fourth-order valence-corrected chi connectivity index (χ4v) is 5.68. The van der Waals surface area contributed by atoms with Crippen molar-refractivity contribution in [3.8, 4) is 0 Å². The third kappa shape index (κ3) is 3.76. The minimum Gasteiger partial charge on any atom is -0.448 e. The second kappa shape index (κ2) is 9.35. The Morgan fingerprint density at radius 3 is 2.09 bits per heavy atom. The third-order valence-corrected chi connectivity index (χ3v) is 7.21. The number of ether oxygens (including phenoxy) is 3. The molecule has 0 radical (unpaired) electrons. The monoisotopic (exact) mass is 487 g/mol. The van der Waals surface area contributed by atoms with Crippen LogP contribution in [0.15, 0.2) is 65.6 Å². The van der Waals surface area contributed by atoms with Gasteiger partial charge in [0.05, 0.1) is 23.8 Å². The highest BCUT2D eigenvalue weighted by Crippen LogP contribution is 2.47. The number of anilines is 1. The Kier molecular flexibility index (Phi) is 6.49. The summed E-state index contributed by atoms with van der Waals surface area (Å²) in [6.07, 6.45) is -2.48. The van der Waals surface area contributed by atoms with Crippen molar-refractivity contribution in [3.05, 3.63) is 66.2 Å². The molecule has 2 aliphatic rings. The highest BCUT2D eigenvalue weighted by atomic mass is 32.2. The number of fused-ring (bicyclic) bond motifs is 3. The SMILES string of the molecule is CCOC(=O)N1[C@H]2C(=C[C@@H](OC)N1C(=O)OCC)c1ccccc1N2S(=O)(=O)c1ccccc1. The molecule has 0 unspecified atom stereocenters. The topological polar surface area (TPSA) is 106 Å². The van der Waals surface area contributed by atoms with E-state index in [2.05, 4.69) is 0 Å². The summed E-state index contributed by atoms with van der Waals surface area (Å²) < 4.78 is 44.8. The van der Waals surface area contributed by atoms with Crippen molar-refractivity contribution in [1.82, 2.24) is 10.0 Å². The minimum atomic E-state index is -4.17. The van der Waals surface area contributed by atoms with Gasteiger partial charge in [-0.05, 0) is 38.1 Å². The fourth-order valence-electron chi connectivity index (χ4n) is 4.07. The van der Waals surface area contributed by atoms with Crippen LogP contribution in [0, 0.1) is 0 Å². The van der Waals surface area contributed by atoms with E-state index >= 15 is 0 Å². The van der Waals surface area contributed by atoms with Crippen LogP contribution in [-0.4, -0.2) is 63.3 Å². The molecule has 0 spiro atoms. The summed E-state index contributed by atoms with van der Waals surface area (Å²) in [5, 5.41) is 1.89. The second-order valence-corrected chi connectivity index (χ2v) is 9.15. The smallest absolute Gasteiger partial charge is 0.431 e. The summed E-state index contributed by atoms with van der Waals surface area (Å²) in [4.78, 5) is 26.2. The largest absolute Gasteiger partial charge is 0.448 e. The Morgan fingerprint density at radius 2 is 1.47 bits per heavy atom. The van der Waals surface area contributed by atoms with Crippen LogP contribution >= 0.6 is 0 Å². The Bertz CT molecular complexity index is 1220. The van der Waals surface area contributed by atoms with E-state index in [-0.39, 0.29) is 18.1 Å². The van der Waals surface area contributed by atoms with Gasteiger partial charge in [-0.3, -0.25) is 0 Å². The Hall–Kier alpha value is -3.57. The van der Waals surface area contributed by atoms with Gasteiger partial charge < -0.3 is 14.2 Å². The lowest BCUT2D eigenvalue weighted by molar-refractivity contribution is -0.116. The zero-order chi connectivity index (χ0) is 24.5. The van der Waals surface area contributed by atoms with Gasteiger partial charge in [-0.15, -0.1) is 0 Å². The average Bonchev–Trinajstić information content (AvgIpc) is 3.18. The Morgan fingerprint density at radius 1 is 0.882 bits per heavy atom. The number of benzene rings is 2. The quantitative estimate of drug-likeness (QED) is 0.636. The van der Waals surface area contributed by atoms with Gasteiger partial charge >= 0.3 is 12.2 Å². The molecule has 0 saturated heterocycles. The standard InChI is InChI=1S/C23H25N3O7S/c1-4-32-22(27)24-20(31-3)15-18-17-13-9-10-14-19(17)26(21(18)25(24)23(28)33-5-2)34(29,30)16-11-7-6-8-12-16/h6-15,20-21H,4-5H2,1-3H3/t20-,21-/m1/s1. The van der Waals surface area contributed by atoms with Gasteiger partial charge in [0.2, 0.25) is 0 Å². The molecule has 0 aromatic heterocycles. The maximum atomic E-state index is 13.9. The Labute approximate surface area is 197 Å². The van der Waals surface area contributed by atoms with Crippen molar-refractivity contribution < 1.29 is 32.2 Å². The molecule has 11 heteroatoms. The summed E-state index contributed by atoms with van der Waals surface area (Å²) in [6, 6.07) is 14.7. The molecule has 10 nitrogen and oxygen atoms in total. The molecule has 4 rings (SSSR count). The van der Waals surface area contributed by atoms with E-state index in [9.17, 15) is 18.0 Å². The maximum absolute atomic E-state index is 13.9. The normalized spacial score (nSPS) is 19.3. The van der Waals surface area contributed by atoms with Gasteiger partial charge in [-0.1, -0.05) is 36.4 Å². The van der Waals surface area contributed by atoms with E-state index in [1.807, 2.05) is 0 Å². The summed E-state index contributed by atoms with van der Waals surface area (Å²) >= 11 is 0. The molecular formula is C23H25N3O7S. The number of rotatable bonds is 5. The van der Waals surface area contributed by atoms with Crippen LogP contribution in [0.3, 0.4) is 0 Å². The number of amides is 2. The lowest BCUT2D eigenvalue weighted by atomic mass is 10.0. The van der Waals surface area contributed by atoms with Crippen LogP contribution < -0.4 is 4.31 Å². The van der Waals surface area contributed by atoms with Crippen LogP contribution in [0.5, 0.6) is 0 Å². The van der Waals surface area contributed by atoms with Gasteiger partial charge in [0, 0.05) is 18.2 Å². The number of hydrogen-bond donors (Lipinski definition) is 0.